The van der Waals surface area contributed by atoms with E-state index in [-0.39, 0.29) is 5.41 Å². The van der Waals surface area contributed by atoms with Crippen molar-refractivity contribution < 1.29 is 8.42 Å². The van der Waals surface area contributed by atoms with Gasteiger partial charge in [0.15, 0.2) is 0 Å². The van der Waals surface area contributed by atoms with Crippen LogP contribution in [0.4, 0.5) is 0 Å². The first kappa shape index (κ1) is 17.9. The summed E-state index contributed by atoms with van der Waals surface area (Å²) in [7, 11) is -1.43. The van der Waals surface area contributed by atoms with Crippen molar-refractivity contribution in [3.63, 3.8) is 0 Å². The number of rotatable bonds is 10. The molecule has 0 bridgehead atoms. The zero-order chi connectivity index (χ0) is 14.2. The van der Waals surface area contributed by atoms with Crippen molar-refractivity contribution in [2.75, 3.05) is 20.1 Å². The van der Waals surface area contributed by atoms with Crippen molar-refractivity contribution in [2.24, 2.45) is 5.41 Å². The molecule has 0 aromatic rings. The molecule has 0 aliphatic heterocycles. The third kappa shape index (κ3) is 7.34. The highest BCUT2D eigenvalue weighted by Crippen LogP contribution is 2.23. The average Bonchev–Trinajstić information content (AvgIpc) is 2.27. The summed E-state index contributed by atoms with van der Waals surface area (Å²) in [5, 5.41) is 2.50. The molecule has 1 unspecified atom stereocenters. The summed E-state index contributed by atoms with van der Waals surface area (Å²) < 4.78 is 26.6. The van der Waals surface area contributed by atoms with Gasteiger partial charge in [0.2, 0.25) is 10.0 Å². The lowest BCUT2D eigenvalue weighted by Crippen LogP contribution is -2.42. The van der Waals surface area contributed by atoms with Crippen LogP contribution in [-0.2, 0) is 10.0 Å². The minimum Gasteiger partial charge on any atom is -0.318 e. The Hall–Kier alpha value is -0.130. The van der Waals surface area contributed by atoms with Crippen LogP contribution in [0, 0.1) is 5.41 Å². The maximum Gasteiger partial charge on any atom is 0.215 e. The number of nitrogens with one attached hydrogen (secondary N) is 2. The van der Waals surface area contributed by atoms with Gasteiger partial charge in [0, 0.05) is 13.1 Å². The number of unbranched alkanes of at least 4 members (excludes halogenated alkanes) is 2. The summed E-state index contributed by atoms with van der Waals surface area (Å²) in [6, 6.07) is 0. The van der Waals surface area contributed by atoms with Crippen molar-refractivity contribution in [3.8, 4) is 0 Å². The summed E-state index contributed by atoms with van der Waals surface area (Å²) >= 11 is 0. The van der Waals surface area contributed by atoms with E-state index in [0.717, 1.165) is 12.8 Å². The van der Waals surface area contributed by atoms with Crippen LogP contribution in [0.5, 0.6) is 0 Å². The van der Waals surface area contributed by atoms with Gasteiger partial charge < -0.3 is 5.32 Å². The predicted octanol–water partition coefficient (Wildman–Crippen LogP) is 2.12. The van der Waals surface area contributed by atoms with Gasteiger partial charge in [-0.15, -0.1) is 0 Å². The fraction of sp³-hybridized carbons (Fsp3) is 1.00. The van der Waals surface area contributed by atoms with Gasteiger partial charge in [-0.3, -0.25) is 0 Å². The van der Waals surface area contributed by atoms with Crippen molar-refractivity contribution in [2.45, 2.75) is 58.6 Å². The molecule has 0 aromatic heterocycles. The second kappa shape index (κ2) is 8.12. The summed E-state index contributed by atoms with van der Waals surface area (Å²) in [5.74, 6) is 0. The molecule has 0 fully saturated rings. The van der Waals surface area contributed by atoms with Gasteiger partial charge >= 0.3 is 0 Å². The molecule has 0 spiro atoms. The van der Waals surface area contributed by atoms with Crippen LogP contribution >= 0.6 is 0 Å². The zero-order valence-corrected chi connectivity index (χ0v) is 13.4. The lowest BCUT2D eigenvalue weighted by Gasteiger charge is -2.26. The monoisotopic (exact) mass is 278 g/mol. The summed E-state index contributed by atoms with van der Waals surface area (Å²) in [4.78, 5) is 0. The molecule has 5 heteroatoms. The van der Waals surface area contributed by atoms with Gasteiger partial charge in [-0.05, 0) is 25.8 Å². The first-order chi connectivity index (χ1) is 8.25. The maximum absolute atomic E-state index is 11.9. The van der Waals surface area contributed by atoms with E-state index in [9.17, 15) is 8.42 Å². The fourth-order valence-corrected chi connectivity index (χ4v) is 3.04. The van der Waals surface area contributed by atoms with E-state index in [1.807, 2.05) is 0 Å². The fourth-order valence-electron chi connectivity index (χ4n) is 1.78. The molecule has 0 radical (unpaired) electrons. The lowest BCUT2D eigenvalue weighted by molar-refractivity contribution is 0.320. The maximum atomic E-state index is 11.9. The minimum absolute atomic E-state index is 0.0294. The second-order valence-electron chi connectivity index (χ2n) is 5.86. The molecule has 110 valence electrons. The van der Waals surface area contributed by atoms with E-state index < -0.39 is 15.3 Å². The highest BCUT2D eigenvalue weighted by atomic mass is 32.2. The third-order valence-corrected chi connectivity index (χ3v) is 5.00. The molecule has 0 saturated carbocycles. The Morgan fingerprint density at radius 1 is 1.22 bits per heavy atom. The van der Waals surface area contributed by atoms with Crippen LogP contribution in [-0.4, -0.2) is 33.8 Å². The highest BCUT2D eigenvalue weighted by molar-refractivity contribution is 7.90. The topological polar surface area (TPSA) is 58.2 Å². The van der Waals surface area contributed by atoms with Crippen LogP contribution in [0.1, 0.15) is 53.4 Å². The Balaban J connectivity index is 4.20. The smallest absolute Gasteiger partial charge is 0.215 e. The quantitative estimate of drug-likeness (QED) is 0.602. The molecule has 0 aliphatic carbocycles. The van der Waals surface area contributed by atoms with Crippen LogP contribution in [0.25, 0.3) is 0 Å². The molecule has 18 heavy (non-hydrogen) atoms. The van der Waals surface area contributed by atoms with E-state index in [0.29, 0.717) is 13.1 Å². The first-order valence-corrected chi connectivity index (χ1v) is 8.43. The Labute approximate surface area is 113 Å². The Morgan fingerprint density at radius 2 is 1.83 bits per heavy atom. The van der Waals surface area contributed by atoms with E-state index in [4.69, 9.17) is 0 Å². The molecule has 2 N–H and O–H groups in total. The first-order valence-electron chi connectivity index (χ1n) is 6.88. The number of sulfonamides is 1. The standard InChI is InChI=1S/C13H30N2O2S/c1-6-7-8-9-13(3,4)11-15-18(16,17)12(2)10-14-5/h12,14-15H,6-11H2,1-5H3. The SMILES string of the molecule is CCCCCC(C)(C)CNS(=O)(=O)C(C)CNC. The van der Waals surface area contributed by atoms with Gasteiger partial charge in [-0.2, -0.15) is 0 Å². The van der Waals surface area contributed by atoms with Gasteiger partial charge in [-0.1, -0.05) is 40.0 Å². The van der Waals surface area contributed by atoms with Gasteiger partial charge in [-0.25, -0.2) is 13.1 Å². The Kier molecular flexibility index (Phi) is 8.06. The van der Waals surface area contributed by atoms with Gasteiger partial charge in [0.1, 0.15) is 0 Å². The van der Waals surface area contributed by atoms with Crippen molar-refractivity contribution in [1.82, 2.24) is 10.0 Å². The molecule has 4 nitrogen and oxygen atoms in total. The molecule has 0 rings (SSSR count). The Bertz CT molecular complexity index is 313. The van der Waals surface area contributed by atoms with Crippen molar-refractivity contribution >= 4 is 10.0 Å². The Morgan fingerprint density at radius 3 is 2.33 bits per heavy atom. The van der Waals surface area contributed by atoms with Crippen LogP contribution in [0.2, 0.25) is 0 Å². The van der Waals surface area contributed by atoms with Crippen LogP contribution in [0.15, 0.2) is 0 Å². The predicted molar refractivity (Wildman–Crippen MR) is 78.2 cm³/mol. The van der Waals surface area contributed by atoms with Crippen LogP contribution in [0.3, 0.4) is 0 Å². The van der Waals surface area contributed by atoms with E-state index in [2.05, 4.69) is 30.8 Å². The molecular weight excluding hydrogens is 248 g/mol. The van der Waals surface area contributed by atoms with Crippen LogP contribution < -0.4 is 10.0 Å². The highest BCUT2D eigenvalue weighted by Gasteiger charge is 2.24. The van der Waals surface area contributed by atoms with Crippen molar-refractivity contribution in [1.29, 1.82) is 0 Å². The minimum atomic E-state index is -3.20. The molecule has 0 amide bonds. The molecular formula is C13H30N2O2S. The largest absolute Gasteiger partial charge is 0.318 e. The summed E-state index contributed by atoms with van der Waals surface area (Å²) in [6.07, 6.45) is 4.63. The third-order valence-electron chi connectivity index (χ3n) is 3.23. The number of hydrogen-bond acceptors (Lipinski definition) is 3. The van der Waals surface area contributed by atoms with E-state index >= 15 is 0 Å². The van der Waals surface area contributed by atoms with E-state index in [1.54, 1.807) is 14.0 Å². The van der Waals surface area contributed by atoms with E-state index in [1.165, 1.54) is 12.8 Å². The zero-order valence-electron chi connectivity index (χ0n) is 12.5. The van der Waals surface area contributed by atoms with Crippen molar-refractivity contribution in [3.05, 3.63) is 0 Å². The molecule has 0 aromatic carbocycles. The molecule has 0 heterocycles. The summed E-state index contributed by atoms with van der Waals surface area (Å²) in [6.45, 7) is 9.14. The van der Waals surface area contributed by atoms with Gasteiger partial charge in [0.25, 0.3) is 0 Å². The number of hydrogen-bond donors (Lipinski definition) is 2. The second-order valence-corrected chi connectivity index (χ2v) is 8.04. The van der Waals surface area contributed by atoms with Gasteiger partial charge in [0.05, 0.1) is 5.25 Å². The molecule has 0 saturated heterocycles. The average molecular weight is 278 g/mol. The lowest BCUT2D eigenvalue weighted by atomic mass is 9.87. The molecule has 0 aliphatic rings. The molecule has 1 atom stereocenters. The normalized spacial score (nSPS) is 14.7. The summed E-state index contributed by atoms with van der Waals surface area (Å²) in [5.41, 5.74) is 0.0294.